The molecule has 0 aromatic heterocycles. The predicted octanol–water partition coefficient (Wildman–Crippen LogP) is -0.545. The first-order chi connectivity index (χ1) is 7.16. The first kappa shape index (κ1) is 12.4. The lowest BCUT2D eigenvalue weighted by molar-refractivity contribution is -0.135. The van der Waals surface area contributed by atoms with Gasteiger partial charge in [0.05, 0.1) is 25.7 Å². The summed E-state index contributed by atoms with van der Waals surface area (Å²) in [5.41, 5.74) is 5.77. The molecule has 88 valence electrons. The monoisotopic (exact) mass is 216 g/mol. The van der Waals surface area contributed by atoms with Gasteiger partial charge in [-0.3, -0.25) is 4.79 Å². The number of hydrogen-bond donors (Lipinski definition) is 1. The van der Waals surface area contributed by atoms with Gasteiger partial charge >= 0.3 is 0 Å². The van der Waals surface area contributed by atoms with Crippen LogP contribution in [0.4, 0.5) is 0 Å². The van der Waals surface area contributed by atoms with Crippen LogP contribution in [0, 0.1) is 5.92 Å². The molecule has 1 aliphatic heterocycles. The van der Waals surface area contributed by atoms with Crippen LogP contribution in [0.2, 0.25) is 0 Å². The van der Waals surface area contributed by atoms with Gasteiger partial charge in [-0.2, -0.15) is 0 Å². The maximum Gasteiger partial charge on any atom is 0.229 e. The Morgan fingerprint density at radius 2 is 2.33 bits per heavy atom. The van der Waals surface area contributed by atoms with E-state index in [1.807, 2.05) is 6.92 Å². The van der Waals surface area contributed by atoms with Gasteiger partial charge in [0, 0.05) is 26.2 Å². The molecule has 0 radical (unpaired) electrons. The van der Waals surface area contributed by atoms with E-state index < -0.39 is 0 Å². The highest BCUT2D eigenvalue weighted by molar-refractivity contribution is 5.79. The molecule has 0 bridgehead atoms. The van der Waals surface area contributed by atoms with Crippen LogP contribution in [0.25, 0.3) is 0 Å². The van der Waals surface area contributed by atoms with Gasteiger partial charge in [-0.25, -0.2) is 0 Å². The maximum atomic E-state index is 11.9. The van der Waals surface area contributed by atoms with Crippen molar-refractivity contribution in [2.75, 3.05) is 40.0 Å². The number of hydrogen-bond acceptors (Lipinski definition) is 4. The molecule has 1 amide bonds. The Labute approximate surface area is 90.5 Å². The van der Waals surface area contributed by atoms with Gasteiger partial charge in [-0.05, 0) is 6.92 Å². The summed E-state index contributed by atoms with van der Waals surface area (Å²) in [4.78, 5) is 13.5. The van der Waals surface area contributed by atoms with Crippen LogP contribution in [-0.4, -0.2) is 56.9 Å². The van der Waals surface area contributed by atoms with E-state index in [-0.39, 0.29) is 17.9 Å². The van der Waals surface area contributed by atoms with E-state index >= 15 is 0 Å². The normalized spacial score (nSPS) is 25.5. The van der Waals surface area contributed by atoms with Gasteiger partial charge in [0.2, 0.25) is 5.91 Å². The third-order valence-electron chi connectivity index (χ3n) is 2.59. The number of amides is 1. The maximum absolute atomic E-state index is 11.9. The Morgan fingerprint density at radius 3 is 2.87 bits per heavy atom. The van der Waals surface area contributed by atoms with Crippen molar-refractivity contribution in [1.82, 2.24) is 4.90 Å². The van der Waals surface area contributed by atoms with Crippen LogP contribution in [0.3, 0.4) is 0 Å². The van der Waals surface area contributed by atoms with E-state index in [0.29, 0.717) is 33.0 Å². The quantitative estimate of drug-likeness (QED) is 0.627. The zero-order valence-electron chi connectivity index (χ0n) is 9.44. The Kier molecular flexibility index (Phi) is 5.01. The van der Waals surface area contributed by atoms with Crippen molar-refractivity contribution in [3.8, 4) is 0 Å². The third kappa shape index (κ3) is 3.44. The minimum atomic E-state index is -0.184. The lowest BCUT2D eigenvalue weighted by Crippen LogP contribution is -2.42. The summed E-state index contributed by atoms with van der Waals surface area (Å²) in [5, 5.41) is 0. The van der Waals surface area contributed by atoms with E-state index in [1.165, 1.54) is 0 Å². The molecule has 0 aromatic carbocycles. The lowest BCUT2D eigenvalue weighted by atomic mass is 10.0. The van der Waals surface area contributed by atoms with Crippen molar-refractivity contribution in [3.05, 3.63) is 0 Å². The van der Waals surface area contributed by atoms with E-state index in [4.69, 9.17) is 15.2 Å². The highest BCUT2D eigenvalue weighted by Crippen LogP contribution is 2.13. The highest BCUT2D eigenvalue weighted by Gasteiger charge is 2.32. The number of ether oxygens (including phenoxy) is 2. The average Bonchev–Trinajstić information content (AvgIpc) is 2.63. The van der Waals surface area contributed by atoms with Crippen LogP contribution in [0.1, 0.15) is 6.92 Å². The van der Waals surface area contributed by atoms with Crippen LogP contribution in [-0.2, 0) is 14.3 Å². The van der Waals surface area contributed by atoms with E-state index in [1.54, 1.807) is 11.9 Å². The number of carbonyl (C=O) groups excluding carboxylic acids is 1. The molecule has 0 aromatic rings. The number of rotatable bonds is 5. The molecule has 2 atom stereocenters. The number of carbonyl (C=O) groups is 1. The first-order valence-electron chi connectivity index (χ1n) is 5.32. The zero-order chi connectivity index (χ0) is 11.3. The third-order valence-corrected chi connectivity index (χ3v) is 2.59. The number of likely N-dealkylation sites (N-methyl/N-ethyl adjacent to an activating group) is 1. The number of nitrogens with zero attached hydrogens (tertiary/aromatic N) is 1. The molecule has 0 aliphatic carbocycles. The predicted molar refractivity (Wildman–Crippen MR) is 56.4 cm³/mol. The molecule has 2 N–H and O–H groups in total. The standard InChI is InChI=1S/C10H20N2O3/c1-3-14-5-4-12(2)10(13)8-6-15-7-9(8)11/h8-9H,3-7,11H2,1-2H3. The molecule has 1 saturated heterocycles. The molecule has 1 heterocycles. The molecule has 0 saturated carbocycles. The second-order valence-corrected chi connectivity index (χ2v) is 3.76. The summed E-state index contributed by atoms with van der Waals surface area (Å²) < 4.78 is 10.3. The fourth-order valence-electron chi connectivity index (χ4n) is 1.56. The molecular weight excluding hydrogens is 196 g/mol. The molecule has 0 spiro atoms. The van der Waals surface area contributed by atoms with Crippen LogP contribution >= 0.6 is 0 Å². The lowest BCUT2D eigenvalue weighted by Gasteiger charge is -2.22. The Hall–Kier alpha value is -0.650. The Balaban J connectivity index is 2.31. The van der Waals surface area contributed by atoms with Crippen molar-refractivity contribution in [2.45, 2.75) is 13.0 Å². The minimum absolute atomic E-state index is 0.0553. The molecule has 5 nitrogen and oxygen atoms in total. The van der Waals surface area contributed by atoms with Gasteiger partial charge in [0.15, 0.2) is 0 Å². The average molecular weight is 216 g/mol. The van der Waals surface area contributed by atoms with Gasteiger partial charge < -0.3 is 20.1 Å². The highest BCUT2D eigenvalue weighted by atomic mass is 16.5. The molecular formula is C10H20N2O3. The summed E-state index contributed by atoms with van der Waals surface area (Å²) >= 11 is 0. The molecule has 15 heavy (non-hydrogen) atoms. The zero-order valence-corrected chi connectivity index (χ0v) is 9.44. The SMILES string of the molecule is CCOCCN(C)C(=O)C1COCC1N. The van der Waals surface area contributed by atoms with E-state index in [2.05, 4.69) is 0 Å². The van der Waals surface area contributed by atoms with E-state index in [0.717, 1.165) is 0 Å². The fraction of sp³-hybridized carbons (Fsp3) is 0.900. The second-order valence-electron chi connectivity index (χ2n) is 3.76. The van der Waals surface area contributed by atoms with Crippen LogP contribution < -0.4 is 5.73 Å². The second kappa shape index (κ2) is 6.05. The van der Waals surface area contributed by atoms with E-state index in [9.17, 15) is 4.79 Å². The fourth-order valence-corrected chi connectivity index (χ4v) is 1.56. The summed E-state index contributed by atoms with van der Waals surface area (Å²) in [6, 6.07) is -0.160. The Bertz CT molecular complexity index is 211. The summed E-state index contributed by atoms with van der Waals surface area (Å²) in [6.07, 6.45) is 0. The molecule has 5 heteroatoms. The van der Waals surface area contributed by atoms with Crippen molar-refractivity contribution in [2.24, 2.45) is 11.7 Å². The summed E-state index contributed by atoms with van der Waals surface area (Å²) in [5.74, 6) is -0.128. The smallest absolute Gasteiger partial charge is 0.229 e. The first-order valence-corrected chi connectivity index (χ1v) is 5.32. The number of nitrogens with two attached hydrogens (primary N) is 1. The van der Waals surface area contributed by atoms with Gasteiger partial charge in [0.1, 0.15) is 0 Å². The van der Waals surface area contributed by atoms with Gasteiger partial charge in [0.25, 0.3) is 0 Å². The van der Waals surface area contributed by atoms with Crippen LogP contribution in [0.15, 0.2) is 0 Å². The summed E-state index contributed by atoms with van der Waals surface area (Å²) in [7, 11) is 1.77. The Morgan fingerprint density at radius 1 is 1.60 bits per heavy atom. The minimum Gasteiger partial charge on any atom is -0.380 e. The molecule has 1 aliphatic rings. The van der Waals surface area contributed by atoms with Gasteiger partial charge in [-0.1, -0.05) is 0 Å². The van der Waals surface area contributed by atoms with Gasteiger partial charge in [-0.15, -0.1) is 0 Å². The van der Waals surface area contributed by atoms with Crippen LogP contribution in [0.5, 0.6) is 0 Å². The molecule has 2 unspecified atom stereocenters. The van der Waals surface area contributed by atoms with Crippen molar-refractivity contribution in [1.29, 1.82) is 0 Å². The topological polar surface area (TPSA) is 64.8 Å². The largest absolute Gasteiger partial charge is 0.380 e. The molecule has 1 rings (SSSR count). The van der Waals surface area contributed by atoms with Crippen molar-refractivity contribution in [3.63, 3.8) is 0 Å². The summed E-state index contributed by atoms with van der Waals surface area (Å²) in [6.45, 7) is 4.71. The van der Waals surface area contributed by atoms with Crippen molar-refractivity contribution >= 4 is 5.91 Å². The molecule has 1 fully saturated rings. The van der Waals surface area contributed by atoms with Crippen molar-refractivity contribution < 1.29 is 14.3 Å².